The topological polar surface area (TPSA) is 72.2 Å². The van der Waals surface area contributed by atoms with Crippen LogP contribution in [0.25, 0.3) is 17.5 Å². The number of hydrogen-bond donors (Lipinski definition) is 1. The molecule has 2 aromatic carbocycles. The summed E-state index contributed by atoms with van der Waals surface area (Å²) in [5.74, 6) is 0.738. The molecule has 1 aromatic heterocycles. The predicted molar refractivity (Wildman–Crippen MR) is 140 cm³/mol. The highest BCUT2D eigenvalue weighted by Crippen LogP contribution is 2.35. The Morgan fingerprint density at radius 1 is 1.09 bits per heavy atom. The Hall–Kier alpha value is -2.61. The maximum atomic E-state index is 12.4. The molecule has 1 aliphatic carbocycles. The lowest BCUT2D eigenvalue weighted by molar-refractivity contribution is -0.118. The molecule has 4 rings (SSSR count). The van der Waals surface area contributed by atoms with E-state index in [0.29, 0.717) is 16.1 Å². The van der Waals surface area contributed by atoms with Crippen LogP contribution in [-0.4, -0.2) is 32.6 Å². The summed E-state index contributed by atoms with van der Waals surface area (Å²) in [5, 5.41) is 14.7. The molecule has 1 amide bonds. The number of hydrazone groups is 1. The lowest BCUT2D eigenvalue weighted by Gasteiger charge is -2.25. The molecular formula is C25H25Cl2N5OS. The van der Waals surface area contributed by atoms with Crippen molar-refractivity contribution in [2.75, 3.05) is 5.75 Å². The van der Waals surface area contributed by atoms with Gasteiger partial charge in [0.1, 0.15) is 0 Å². The summed E-state index contributed by atoms with van der Waals surface area (Å²) in [5.41, 5.74) is 4.44. The third-order valence-electron chi connectivity index (χ3n) is 5.52. The maximum Gasteiger partial charge on any atom is 0.250 e. The summed E-state index contributed by atoms with van der Waals surface area (Å²) in [6.45, 7) is 0. The fourth-order valence-electron chi connectivity index (χ4n) is 3.91. The molecule has 34 heavy (non-hydrogen) atoms. The van der Waals surface area contributed by atoms with E-state index in [-0.39, 0.29) is 11.7 Å². The number of rotatable bonds is 8. The third-order valence-corrected chi connectivity index (χ3v) is 6.92. The van der Waals surface area contributed by atoms with Crippen LogP contribution in [0.2, 0.25) is 5.02 Å². The molecule has 0 radical (unpaired) electrons. The van der Waals surface area contributed by atoms with Gasteiger partial charge in [0.2, 0.25) is 0 Å². The number of halogens is 2. The number of benzene rings is 2. The van der Waals surface area contributed by atoms with Crippen LogP contribution in [0.15, 0.2) is 69.9 Å². The van der Waals surface area contributed by atoms with Crippen LogP contribution >= 0.6 is 35.0 Å². The third kappa shape index (κ3) is 6.72. The number of allylic oxidation sites excluding steroid dienone is 1. The number of aromatic nitrogens is 3. The minimum absolute atomic E-state index is 0.169. The van der Waals surface area contributed by atoms with E-state index in [9.17, 15) is 4.79 Å². The van der Waals surface area contributed by atoms with E-state index in [1.54, 1.807) is 6.08 Å². The van der Waals surface area contributed by atoms with Gasteiger partial charge in [-0.3, -0.25) is 9.36 Å². The molecule has 176 valence electrons. The first-order chi connectivity index (χ1) is 16.6. The van der Waals surface area contributed by atoms with Gasteiger partial charge in [-0.05, 0) is 48.7 Å². The molecule has 1 fully saturated rings. The van der Waals surface area contributed by atoms with Gasteiger partial charge < -0.3 is 0 Å². The molecule has 1 saturated carbocycles. The average molecular weight is 514 g/mol. The van der Waals surface area contributed by atoms with Crippen molar-refractivity contribution in [1.29, 1.82) is 0 Å². The second-order valence-corrected chi connectivity index (χ2v) is 9.81. The van der Waals surface area contributed by atoms with Crippen molar-refractivity contribution in [2.24, 2.45) is 5.10 Å². The average Bonchev–Trinajstić information content (AvgIpc) is 3.28. The van der Waals surface area contributed by atoms with Gasteiger partial charge in [-0.25, -0.2) is 5.43 Å². The fourth-order valence-corrected chi connectivity index (χ4v) is 5.01. The standard InChI is InChI=1S/C25H25Cl2N5OS/c26-20-13-11-19(12-14-20)24-30-31-25(32(24)22-9-5-2-6-10-22)34-17-23(33)29-28-16-21(27)15-18-7-3-1-4-8-18/h1,3-4,7-8,11-16,22H,2,5-6,9-10,17H2,(H,29,33). The Labute approximate surface area is 213 Å². The lowest BCUT2D eigenvalue weighted by Crippen LogP contribution is -2.20. The van der Waals surface area contributed by atoms with Gasteiger partial charge in [0.05, 0.1) is 17.0 Å². The Balaban J connectivity index is 1.41. The second kappa shape index (κ2) is 12.2. The summed E-state index contributed by atoms with van der Waals surface area (Å²) in [6.07, 6.45) is 8.96. The summed E-state index contributed by atoms with van der Waals surface area (Å²) >= 11 is 13.6. The van der Waals surface area contributed by atoms with E-state index in [0.717, 1.165) is 34.9 Å². The minimum atomic E-state index is -0.239. The zero-order chi connectivity index (χ0) is 23.8. The first-order valence-corrected chi connectivity index (χ1v) is 12.9. The lowest BCUT2D eigenvalue weighted by atomic mass is 9.95. The number of nitrogens with one attached hydrogen (secondary N) is 1. The Kier molecular flexibility index (Phi) is 8.79. The van der Waals surface area contributed by atoms with E-state index >= 15 is 0 Å². The highest BCUT2D eigenvalue weighted by atomic mass is 35.5. The normalized spacial score (nSPS) is 15.1. The van der Waals surface area contributed by atoms with E-state index < -0.39 is 0 Å². The smallest absolute Gasteiger partial charge is 0.250 e. The zero-order valence-electron chi connectivity index (χ0n) is 18.5. The number of thioether (sulfide) groups is 1. The molecule has 9 heteroatoms. The van der Waals surface area contributed by atoms with Gasteiger partial charge in [-0.1, -0.05) is 84.6 Å². The quantitative estimate of drug-likeness (QED) is 0.210. The monoisotopic (exact) mass is 513 g/mol. The number of carbonyl (C=O) groups excluding carboxylic acids is 1. The SMILES string of the molecule is O=C(CSc1nnc(-c2ccc(Cl)cc2)n1C1CCCCC1)NN=CC(Cl)=Cc1ccccc1. The molecule has 1 heterocycles. The Morgan fingerprint density at radius 3 is 2.56 bits per heavy atom. The van der Waals surface area contributed by atoms with Gasteiger partial charge in [-0.15, -0.1) is 10.2 Å². The van der Waals surface area contributed by atoms with E-state index in [4.69, 9.17) is 23.2 Å². The van der Waals surface area contributed by atoms with Crippen LogP contribution < -0.4 is 5.43 Å². The van der Waals surface area contributed by atoms with Gasteiger partial charge in [0, 0.05) is 16.6 Å². The van der Waals surface area contributed by atoms with Crippen molar-refractivity contribution in [3.05, 3.63) is 70.2 Å². The highest BCUT2D eigenvalue weighted by Gasteiger charge is 2.24. The molecule has 6 nitrogen and oxygen atoms in total. The summed E-state index contributed by atoms with van der Waals surface area (Å²) in [7, 11) is 0. The molecule has 1 aliphatic rings. The minimum Gasteiger partial charge on any atom is -0.299 e. The molecule has 0 aliphatic heterocycles. The van der Waals surface area contributed by atoms with Crippen LogP contribution in [0, 0.1) is 0 Å². The van der Waals surface area contributed by atoms with Crippen LogP contribution in [0.1, 0.15) is 43.7 Å². The molecule has 0 atom stereocenters. The predicted octanol–water partition coefficient (Wildman–Crippen LogP) is 6.58. The van der Waals surface area contributed by atoms with Crippen molar-refractivity contribution in [1.82, 2.24) is 20.2 Å². The number of carbonyl (C=O) groups is 1. The first-order valence-electron chi connectivity index (χ1n) is 11.2. The summed E-state index contributed by atoms with van der Waals surface area (Å²) in [6, 6.07) is 17.6. The van der Waals surface area contributed by atoms with Crippen LogP contribution in [0.3, 0.4) is 0 Å². The van der Waals surface area contributed by atoms with E-state index in [1.807, 2.05) is 54.6 Å². The summed E-state index contributed by atoms with van der Waals surface area (Å²) < 4.78 is 2.18. The highest BCUT2D eigenvalue weighted by molar-refractivity contribution is 7.99. The first kappa shape index (κ1) is 24.5. The zero-order valence-corrected chi connectivity index (χ0v) is 20.9. The molecule has 1 N–H and O–H groups in total. The number of hydrogen-bond acceptors (Lipinski definition) is 5. The van der Waals surface area contributed by atoms with E-state index in [2.05, 4.69) is 25.3 Å². The second-order valence-electron chi connectivity index (χ2n) is 8.00. The van der Waals surface area contributed by atoms with Crippen molar-refractivity contribution < 1.29 is 4.79 Å². The molecular weight excluding hydrogens is 489 g/mol. The molecule has 3 aromatic rings. The van der Waals surface area contributed by atoms with E-state index in [1.165, 1.54) is 37.2 Å². The number of amides is 1. The van der Waals surface area contributed by atoms with Gasteiger partial charge in [0.15, 0.2) is 11.0 Å². The van der Waals surface area contributed by atoms with Crippen molar-refractivity contribution in [3.63, 3.8) is 0 Å². The van der Waals surface area contributed by atoms with Gasteiger partial charge >= 0.3 is 0 Å². The Bertz CT molecular complexity index is 1160. The van der Waals surface area contributed by atoms with Crippen LogP contribution in [0.5, 0.6) is 0 Å². The summed E-state index contributed by atoms with van der Waals surface area (Å²) in [4.78, 5) is 12.4. The maximum absolute atomic E-state index is 12.4. The molecule has 0 unspecified atom stereocenters. The van der Waals surface area contributed by atoms with Gasteiger partial charge in [-0.2, -0.15) is 5.10 Å². The number of nitrogens with zero attached hydrogens (tertiary/aromatic N) is 4. The molecule has 0 spiro atoms. The fraction of sp³-hybridized carbons (Fsp3) is 0.280. The van der Waals surface area contributed by atoms with Crippen molar-refractivity contribution in [2.45, 2.75) is 43.3 Å². The Morgan fingerprint density at radius 2 is 1.82 bits per heavy atom. The van der Waals surface area contributed by atoms with Crippen LogP contribution in [-0.2, 0) is 4.79 Å². The largest absolute Gasteiger partial charge is 0.299 e. The van der Waals surface area contributed by atoms with Crippen molar-refractivity contribution >= 4 is 53.2 Å². The van der Waals surface area contributed by atoms with Crippen molar-refractivity contribution in [3.8, 4) is 11.4 Å². The molecule has 0 saturated heterocycles. The molecule has 0 bridgehead atoms. The van der Waals surface area contributed by atoms with Crippen LogP contribution in [0.4, 0.5) is 0 Å². The van der Waals surface area contributed by atoms with Gasteiger partial charge in [0.25, 0.3) is 5.91 Å².